The average Bonchev–Trinajstić information content (AvgIpc) is 2.38. The Morgan fingerprint density at radius 1 is 1.18 bits per heavy atom. The van der Waals surface area contributed by atoms with Gasteiger partial charge in [-0.05, 0) is 44.1 Å². The summed E-state index contributed by atoms with van der Waals surface area (Å²) >= 11 is 0. The smallest absolute Gasteiger partial charge is 0.123 e. The van der Waals surface area contributed by atoms with Crippen LogP contribution in [0.1, 0.15) is 18.4 Å². The van der Waals surface area contributed by atoms with Crippen LogP contribution in [0.25, 0.3) is 0 Å². The fraction of sp³-hybridized carbons (Fsp3) is 0.538. The first-order valence-electron chi connectivity index (χ1n) is 5.93. The highest BCUT2D eigenvalue weighted by Crippen LogP contribution is 2.23. The lowest BCUT2D eigenvalue weighted by atomic mass is 10.2. The summed E-state index contributed by atoms with van der Waals surface area (Å²) in [6.07, 6.45) is 2.16. The van der Waals surface area contributed by atoms with E-state index in [1.165, 1.54) is 0 Å². The number of nitrogens with one attached hydrogen (secondary N) is 1. The zero-order valence-corrected chi connectivity index (χ0v) is 10.7. The Kier molecular flexibility index (Phi) is 6.43. The molecule has 0 aromatic heterocycles. The Balaban J connectivity index is 2.49. The topological polar surface area (TPSA) is 56.5 Å². The van der Waals surface area contributed by atoms with Crippen molar-refractivity contribution in [1.29, 1.82) is 0 Å². The second-order valence-corrected chi connectivity index (χ2v) is 3.85. The summed E-state index contributed by atoms with van der Waals surface area (Å²) in [6, 6.07) is 5.82. The molecule has 1 aromatic carbocycles. The van der Waals surface area contributed by atoms with Gasteiger partial charge in [-0.3, -0.25) is 0 Å². The van der Waals surface area contributed by atoms with Gasteiger partial charge in [-0.2, -0.15) is 0 Å². The van der Waals surface area contributed by atoms with E-state index in [0.717, 1.165) is 49.5 Å². The second-order valence-electron chi connectivity index (χ2n) is 3.85. The first kappa shape index (κ1) is 13.8. The van der Waals surface area contributed by atoms with E-state index in [0.29, 0.717) is 0 Å². The molecule has 0 aliphatic carbocycles. The van der Waals surface area contributed by atoms with E-state index in [2.05, 4.69) is 5.32 Å². The summed E-state index contributed by atoms with van der Waals surface area (Å²) in [6.45, 7) is 2.51. The fourth-order valence-electron chi connectivity index (χ4n) is 1.64. The fourth-order valence-corrected chi connectivity index (χ4v) is 1.64. The first-order chi connectivity index (χ1) is 8.31. The summed E-state index contributed by atoms with van der Waals surface area (Å²) in [4.78, 5) is 0. The Hall–Kier alpha value is -1.26. The minimum atomic E-state index is 0.754. The van der Waals surface area contributed by atoms with Gasteiger partial charge in [0.15, 0.2) is 0 Å². The molecular formula is C13H22N2O2. The van der Waals surface area contributed by atoms with Crippen LogP contribution in [0.3, 0.4) is 0 Å². The molecule has 4 heteroatoms. The van der Waals surface area contributed by atoms with Gasteiger partial charge in [0.25, 0.3) is 0 Å². The van der Waals surface area contributed by atoms with Gasteiger partial charge in [0, 0.05) is 12.1 Å². The van der Waals surface area contributed by atoms with Crippen LogP contribution in [0.15, 0.2) is 18.2 Å². The van der Waals surface area contributed by atoms with Crippen molar-refractivity contribution in [3.63, 3.8) is 0 Å². The van der Waals surface area contributed by atoms with Crippen molar-refractivity contribution >= 4 is 0 Å². The molecule has 0 spiro atoms. The highest BCUT2D eigenvalue weighted by molar-refractivity contribution is 5.40. The van der Waals surface area contributed by atoms with E-state index in [1.54, 1.807) is 14.2 Å². The van der Waals surface area contributed by atoms with Crippen LogP contribution >= 0.6 is 0 Å². The van der Waals surface area contributed by atoms with Gasteiger partial charge in [0.05, 0.1) is 14.2 Å². The summed E-state index contributed by atoms with van der Waals surface area (Å²) in [5.41, 5.74) is 6.55. The third-order valence-corrected chi connectivity index (χ3v) is 2.61. The number of ether oxygens (including phenoxy) is 2. The van der Waals surface area contributed by atoms with Crippen LogP contribution in [0.4, 0.5) is 0 Å². The minimum Gasteiger partial charge on any atom is -0.497 e. The van der Waals surface area contributed by atoms with Crippen molar-refractivity contribution in [2.45, 2.75) is 19.4 Å². The van der Waals surface area contributed by atoms with Crippen LogP contribution < -0.4 is 20.5 Å². The Bertz CT molecular complexity index is 329. The maximum absolute atomic E-state index is 5.44. The Labute approximate surface area is 103 Å². The van der Waals surface area contributed by atoms with E-state index < -0.39 is 0 Å². The molecule has 0 aliphatic heterocycles. The molecule has 0 radical (unpaired) electrons. The average molecular weight is 238 g/mol. The quantitative estimate of drug-likeness (QED) is 0.674. The molecule has 0 bridgehead atoms. The van der Waals surface area contributed by atoms with Crippen molar-refractivity contribution in [1.82, 2.24) is 5.32 Å². The predicted octanol–water partition coefficient (Wildman–Crippen LogP) is 1.53. The van der Waals surface area contributed by atoms with Crippen molar-refractivity contribution in [3.8, 4) is 11.5 Å². The van der Waals surface area contributed by atoms with E-state index >= 15 is 0 Å². The zero-order valence-electron chi connectivity index (χ0n) is 10.7. The molecule has 0 amide bonds. The number of rotatable bonds is 8. The lowest BCUT2D eigenvalue weighted by Crippen LogP contribution is -2.16. The molecule has 96 valence electrons. The lowest BCUT2D eigenvalue weighted by molar-refractivity contribution is 0.397. The van der Waals surface area contributed by atoms with Crippen molar-refractivity contribution in [2.24, 2.45) is 5.73 Å². The van der Waals surface area contributed by atoms with Gasteiger partial charge < -0.3 is 20.5 Å². The number of unbranched alkanes of at least 4 members (excludes halogenated alkanes) is 1. The van der Waals surface area contributed by atoms with Crippen LogP contribution in [0, 0.1) is 0 Å². The molecule has 0 fully saturated rings. The van der Waals surface area contributed by atoms with Crippen molar-refractivity contribution < 1.29 is 9.47 Å². The van der Waals surface area contributed by atoms with Crippen molar-refractivity contribution in [2.75, 3.05) is 27.3 Å². The van der Waals surface area contributed by atoms with Gasteiger partial charge in [0.1, 0.15) is 11.5 Å². The van der Waals surface area contributed by atoms with Gasteiger partial charge in [-0.1, -0.05) is 0 Å². The van der Waals surface area contributed by atoms with Crippen molar-refractivity contribution in [3.05, 3.63) is 23.8 Å². The highest BCUT2D eigenvalue weighted by atomic mass is 16.5. The normalized spacial score (nSPS) is 10.3. The SMILES string of the molecule is COc1ccc(OC)c(CNCCCCN)c1. The number of benzene rings is 1. The maximum Gasteiger partial charge on any atom is 0.123 e. The summed E-state index contributed by atoms with van der Waals surface area (Å²) in [7, 11) is 3.35. The monoisotopic (exact) mass is 238 g/mol. The summed E-state index contributed by atoms with van der Waals surface area (Å²) in [5, 5.41) is 3.37. The molecule has 0 saturated carbocycles. The molecule has 4 nitrogen and oxygen atoms in total. The molecule has 17 heavy (non-hydrogen) atoms. The Morgan fingerprint density at radius 3 is 2.65 bits per heavy atom. The zero-order chi connectivity index (χ0) is 12.5. The number of methoxy groups -OCH3 is 2. The molecule has 0 saturated heterocycles. The van der Waals surface area contributed by atoms with Crippen LogP contribution in [0.2, 0.25) is 0 Å². The predicted molar refractivity (Wildman–Crippen MR) is 69.5 cm³/mol. The van der Waals surface area contributed by atoms with Gasteiger partial charge >= 0.3 is 0 Å². The molecule has 0 atom stereocenters. The van der Waals surface area contributed by atoms with Crippen LogP contribution in [-0.4, -0.2) is 27.3 Å². The van der Waals surface area contributed by atoms with Gasteiger partial charge in [0.2, 0.25) is 0 Å². The van der Waals surface area contributed by atoms with E-state index in [9.17, 15) is 0 Å². The molecule has 0 unspecified atom stereocenters. The lowest BCUT2D eigenvalue weighted by Gasteiger charge is -2.11. The molecule has 0 heterocycles. The minimum absolute atomic E-state index is 0.754. The highest BCUT2D eigenvalue weighted by Gasteiger charge is 2.04. The molecular weight excluding hydrogens is 216 g/mol. The van der Waals surface area contributed by atoms with E-state index in [4.69, 9.17) is 15.2 Å². The third-order valence-electron chi connectivity index (χ3n) is 2.61. The van der Waals surface area contributed by atoms with Gasteiger partial charge in [-0.25, -0.2) is 0 Å². The maximum atomic E-state index is 5.44. The number of nitrogens with two attached hydrogens (primary N) is 1. The Morgan fingerprint density at radius 2 is 2.00 bits per heavy atom. The molecule has 0 aliphatic rings. The standard InChI is InChI=1S/C13H22N2O2/c1-16-12-5-6-13(17-2)11(9-12)10-15-8-4-3-7-14/h5-6,9,15H,3-4,7-8,10,14H2,1-2H3. The molecule has 1 aromatic rings. The number of hydrogen-bond acceptors (Lipinski definition) is 4. The van der Waals surface area contributed by atoms with E-state index in [1.807, 2.05) is 18.2 Å². The molecule has 1 rings (SSSR count). The summed E-state index contributed by atoms with van der Waals surface area (Å²) in [5.74, 6) is 1.74. The molecule has 3 N–H and O–H groups in total. The van der Waals surface area contributed by atoms with Crippen LogP contribution in [0.5, 0.6) is 11.5 Å². The second kappa shape index (κ2) is 7.92. The van der Waals surface area contributed by atoms with Gasteiger partial charge in [-0.15, -0.1) is 0 Å². The first-order valence-corrected chi connectivity index (χ1v) is 5.93. The largest absolute Gasteiger partial charge is 0.497 e. The van der Waals surface area contributed by atoms with E-state index in [-0.39, 0.29) is 0 Å². The summed E-state index contributed by atoms with van der Waals surface area (Å²) < 4.78 is 10.5. The van der Waals surface area contributed by atoms with Crippen LogP contribution in [-0.2, 0) is 6.54 Å². The third kappa shape index (κ3) is 4.63. The number of hydrogen-bond donors (Lipinski definition) is 2.